The highest BCUT2D eigenvalue weighted by atomic mass is 35.5. The predicted octanol–water partition coefficient (Wildman–Crippen LogP) is 3.07. The van der Waals surface area contributed by atoms with Gasteiger partial charge in [0.2, 0.25) is 0 Å². The summed E-state index contributed by atoms with van der Waals surface area (Å²) in [5.41, 5.74) is 1.81. The van der Waals surface area contributed by atoms with E-state index < -0.39 is 0 Å². The van der Waals surface area contributed by atoms with E-state index >= 15 is 0 Å². The fourth-order valence-electron chi connectivity index (χ4n) is 2.95. The number of hydrogen-bond acceptors (Lipinski definition) is 4. The van der Waals surface area contributed by atoms with E-state index in [4.69, 9.17) is 21.1 Å². The van der Waals surface area contributed by atoms with Crippen LogP contribution >= 0.6 is 11.6 Å². The lowest BCUT2D eigenvalue weighted by atomic mass is 10.1. The molecule has 1 aromatic rings. The lowest BCUT2D eigenvalue weighted by molar-refractivity contribution is -0.124. The van der Waals surface area contributed by atoms with Crippen molar-refractivity contribution in [3.8, 4) is 5.75 Å². The molecule has 2 rings (SSSR count). The molecule has 0 aromatic heterocycles. The molecule has 0 spiro atoms. The van der Waals surface area contributed by atoms with Crippen LogP contribution < -0.4 is 10.1 Å². The number of aryl methyl sites for hydroxylation is 2. The number of nitrogens with one attached hydrogen (secondary N) is 1. The van der Waals surface area contributed by atoms with E-state index in [-0.39, 0.29) is 24.6 Å². The van der Waals surface area contributed by atoms with Crippen LogP contribution in [-0.4, -0.2) is 49.2 Å². The van der Waals surface area contributed by atoms with Gasteiger partial charge in [0.05, 0.1) is 6.61 Å². The first kappa shape index (κ1) is 19.4. The topological polar surface area (TPSA) is 67.9 Å². The molecule has 25 heavy (non-hydrogen) atoms. The molecular weight excluding hydrogens is 344 g/mol. The molecule has 1 N–H and O–H groups in total. The number of hydrogen-bond donors (Lipinski definition) is 1. The summed E-state index contributed by atoms with van der Waals surface area (Å²) < 4.78 is 10.6. The maximum atomic E-state index is 12.1. The predicted molar refractivity (Wildman–Crippen MR) is 96.2 cm³/mol. The van der Waals surface area contributed by atoms with Crippen molar-refractivity contribution < 1.29 is 19.1 Å². The Bertz CT molecular complexity index is 604. The van der Waals surface area contributed by atoms with E-state index in [0.29, 0.717) is 43.3 Å². The first-order valence-electron chi connectivity index (χ1n) is 8.51. The summed E-state index contributed by atoms with van der Waals surface area (Å²) in [5, 5.41) is 3.62. The Hall–Kier alpha value is -1.95. The third-order valence-electron chi connectivity index (χ3n) is 4.16. The molecule has 7 heteroatoms. The van der Waals surface area contributed by atoms with Gasteiger partial charge in [-0.05, 0) is 56.9 Å². The van der Waals surface area contributed by atoms with Crippen LogP contribution in [0.15, 0.2) is 12.1 Å². The second kappa shape index (κ2) is 8.94. The normalized spacial score (nSPS) is 15.0. The highest BCUT2D eigenvalue weighted by Gasteiger charge is 2.24. The summed E-state index contributed by atoms with van der Waals surface area (Å²) in [6, 6.07) is 3.67. The standard InChI is InChI=1S/C18H25ClN2O4/c1-4-24-18(23)21-7-5-15(6-8-21)20-16(22)11-25-17-12(2)9-14(19)10-13(17)3/h9-10,15H,4-8,11H2,1-3H3,(H,20,22). The van der Waals surface area contributed by atoms with Crippen LogP contribution in [0.1, 0.15) is 30.9 Å². The number of benzene rings is 1. The fourth-order valence-corrected chi connectivity index (χ4v) is 3.28. The summed E-state index contributed by atoms with van der Waals surface area (Å²) in [6.45, 7) is 7.08. The van der Waals surface area contributed by atoms with E-state index in [9.17, 15) is 9.59 Å². The van der Waals surface area contributed by atoms with Gasteiger partial charge in [0.25, 0.3) is 5.91 Å². The zero-order chi connectivity index (χ0) is 18.4. The van der Waals surface area contributed by atoms with Gasteiger partial charge in [-0.3, -0.25) is 4.79 Å². The van der Waals surface area contributed by atoms with Gasteiger partial charge in [-0.2, -0.15) is 0 Å². The molecule has 138 valence electrons. The molecule has 0 bridgehead atoms. The number of carbonyl (C=O) groups excluding carboxylic acids is 2. The van der Waals surface area contributed by atoms with E-state index in [2.05, 4.69) is 5.32 Å². The summed E-state index contributed by atoms with van der Waals surface area (Å²) >= 11 is 6.00. The van der Waals surface area contributed by atoms with Crippen molar-refractivity contribution >= 4 is 23.6 Å². The van der Waals surface area contributed by atoms with Crippen molar-refractivity contribution in [1.29, 1.82) is 0 Å². The Morgan fingerprint density at radius 2 is 1.84 bits per heavy atom. The van der Waals surface area contributed by atoms with E-state index in [1.807, 2.05) is 26.0 Å². The maximum Gasteiger partial charge on any atom is 0.409 e. The van der Waals surface area contributed by atoms with Gasteiger partial charge in [0.1, 0.15) is 5.75 Å². The minimum absolute atomic E-state index is 0.0403. The zero-order valence-electron chi connectivity index (χ0n) is 14.9. The van der Waals surface area contributed by atoms with Crippen LogP contribution in [0.3, 0.4) is 0 Å². The van der Waals surface area contributed by atoms with Gasteiger partial charge in [-0.15, -0.1) is 0 Å². The summed E-state index contributed by atoms with van der Waals surface area (Å²) in [7, 11) is 0. The molecule has 1 saturated heterocycles. The van der Waals surface area contributed by atoms with Crippen molar-refractivity contribution in [3.63, 3.8) is 0 Å². The molecule has 2 amide bonds. The first-order chi connectivity index (χ1) is 11.9. The maximum absolute atomic E-state index is 12.1. The molecule has 1 heterocycles. The van der Waals surface area contributed by atoms with Gasteiger partial charge in [-0.25, -0.2) is 4.79 Å². The van der Waals surface area contributed by atoms with Gasteiger partial charge < -0.3 is 19.7 Å². The largest absolute Gasteiger partial charge is 0.483 e. The minimum atomic E-state index is -0.288. The molecule has 6 nitrogen and oxygen atoms in total. The van der Waals surface area contributed by atoms with E-state index in [1.165, 1.54) is 0 Å². The van der Waals surface area contributed by atoms with Crippen molar-refractivity contribution in [2.45, 2.75) is 39.7 Å². The van der Waals surface area contributed by atoms with E-state index in [1.54, 1.807) is 11.8 Å². The first-order valence-corrected chi connectivity index (χ1v) is 8.89. The minimum Gasteiger partial charge on any atom is -0.483 e. The molecule has 1 aromatic carbocycles. The van der Waals surface area contributed by atoms with Gasteiger partial charge in [0, 0.05) is 24.2 Å². The zero-order valence-corrected chi connectivity index (χ0v) is 15.7. The molecule has 0 unspecified atom stereocenters. The third kappa shape index (κ3) is 5.53. The third-order valence-corrected chi connectivity index (χ3v) is 4.38. The Labute approximate surface area is 153 Å². The molecular formula is C18H25ClN2O4. The molecule has 1 aliphatic heterocycles. The second-order valence-electron chi connectivity index (χ2n) is 6.19. The molecule has 0 radical (unpaired) electrons. The van der Waals surface area contributed by atoms with Crippen LogP contribution in [-0.2, 0) is 9.53 Å². The van der Waals surface area contributed by atoms with Gasteiger partial charge in [0.15, 0.2) is 6.61 Å². The summed E-state index contributed by atoms with van der Waals surface area (Å²) in [4.78, 5) is 25.5. The number of ether oxygens (including phenoxy) is 2. The fraction of sp³-hybridized carbons (Fsp3) is 0.556. The average Bonchev–Trinajstić information content (AvgIpc) is 2.54. The van der Waals surface area contributed by atoms with Gasteiger partial charge >= 0.3 is 6.09 Å². The summed E-state index contributed by atoms with van der Waals surface area (Å²) in [6.07, 6.45) is 1.14. The van der Waals surface area contributed by atoms with Crippen molar-refractivity contribution in [3.05, 3.63) is 28.3 Å². The number of amides is 2. The van der Waals surface area contributed by atoms with Crippen molar-refractivity contribution in [1.82, 2.24) is 10.2 Å². The van der Waals surface area contributed by atoms with Crippen LogP contribution in [0.2, 0.25) is 5.02 Å². The highest BCUT2D eigenvalue weighted by Crippen LogP contribution is 2.26. The number of halogens is 1. The second-order valence-corrected chi connectivity index (χ2v) is 6.62. The number of rotatable bonds is 5. The molecule has 0 aliphatic carbocycles. The average molecular weight is 369 g/mol. The lowest BCUT2D eigenvalue weighted by Crippen LogP contribution is -2.47. The molecule has 0 atom stereocenters. The molecule has 0 saturated carbocycles. The Morgan fingerprint density at radius 1 is 1.24 bits per heavy atom. The number of carbonyl (C=O) groups is 2. The van der Waals surface area contributed by atoms with Crippen LogP contribution in [0.4, 0.5) is 4.79 Å². The van der Waals surface area contributed by atoms with E-state index in [0.717, 1.165) is 11.1 Å². The van der Waals surface area contributed by atoms with Crippen LogP contribution in [0, 0.1) is 13.8 Å². The SMILES string of the molecule is CCOC(=O)N1CCC(NC(=O)COc2c(C)cc(Cl)cc2C)CC1. The Morgan fingerprint density at radius 3 is 2.40 bits per heavy atom. The number of piperidine rings is 1. The Kier molecular flexibility index (Phi) is 6.93. The monoisotopic (exact) mass is 368 g/mol. The van der Waals surface area contributed by atoms with Crippen molar-refractivity contribution in [2.75, 3.05) is 26.3 Å². The van der Waals surface area contributed by atoms with Gasteiger partial charge in [-0.1, -0.05) is 11.6 Å². The number of nitrogens with zero attached hydrogens (tertiary/aromatic N) is 1. The van der Waals surface area contributed by atoms with Crippen LogP contribution in [0.25, 0.3) is 0 Å². The highest BCUT2D eigenvalue weighted by molar-refractivity contribution is 6.30. The molecule has 1 fully saturated rings. The van der Waals surface area contributed by atoms with Crippen LogP contribution in [0.5, 0.6) is 5.75 Å². The number of likely N-dealkylation sites (tertiary alicyclic amines) is 1. The quantitative estimate of drug-likeness (QED) is 0.867. The Balaban J connectivity index is 1.78. The lowest BCUT2D eigenvalue weighted by Gasteiger charge is -2.31. The smallest absolute Gasteiger partial charge is 0.409 e. The van der Waals surface area contributed by atoms with Crippen molar-refractivity contribution in [2.24, 2.45) is 0 Å². The summed E-state index contributed by atoms with van der Waals surface area (Å²) in [5.74, 6) is 0.528. The molecule has 1 aliphatic rings.